The number of ether oxygens (including phenoxy) is 1. The summed E-state index contributed by atoms with van der Waals surface area (Å²) in [6.07, 6.45) is 5.57. The van der Waals surface area contributed by atoms with E-state index < -0.39 is 5.91 Å². The Labute approximate surface area is 196 Å². The van der Waals surface area contributed by atoms with Crippen LogP contribution in [0.15, 0.2) is 36.8 Å². The molecule has 2 aliphatic rings. The minimum Gasteiger partial charge on any atom is -0.494 e. The molecule has 3 aromatic rings. The summed E-state index contributed by atoms with van der Waals surface area (Å²) in [5.41, 5.74) is 2.70. The fraction of sp³-hybridized carbons (Fsp3) is 0.348. The zero-order valence-electron chi connectivity index (χ0n) is 19.0. The Balaban J connectivity index is 1.47. The molecular formula is C23H26N8O3. The largest absolute Gasteiger partial charge is 0.494 e. The zero-order chi connectivity index (χ0) is 23.7. The van der Waals surface area contributed by atoms with Crippen molar-refractivity contribution in [2.24, 2.45) is 5.92 Å². The summed E-state index contributed by atoms with van der Waals surface area (Å²) in [4.78, 5) is 29.2. The molecule has 11 nitrogen and oxygen atoms in total. The van der Waals surface area contributed by atoms with Gasteiger partial charge in [0.05, 0.1) is 36.5 Å². The van der Waals surface area contributed by atoms with Crippen LogP contribution in [0.1, 0.15) is 29.4 Å². The predicted octanol–water partition coefficient (Wildman–Crippen LogP) is 1.94. The third-order valence-electron chi connectivity index (χ3n) is 5.98. The molecule has 2 amide bonds. The van der Waals surface area contributed by atoms with Crippen LogP contribution in [0.2, 0.25) is 0 Å². The molecular weight excluding hydrogens is 436 g/mol. The van der Waals surface area contributed by atoms with Crippen molar-refractivity contribution in [1.82, 2.24) is 30.4 Å². The molecule has 2 fully saturated rings. The number of rotatable bonds is 8. The van der Waals surface area contributed by atoms with Gasteiger partial charge in [0.15, 0.2) is 17.3 Å². The number of carbonyl (C=O) groups is 2. The predicted molar refractivity (Wildman–Crippen MR) is 126 cm³/mol. The molecule has 11 heteroatoms. The van der Waals surface area contributed by atoms with E-state index in [2.05, 4.69) is 41.0 Å². The number of anilines is 3. The molecule has 34 heavy (non-hydrogen) atoms. The minimum atomic E-state index is -0.405. The van der Waals surface area contributed by atoms with Crippen molar-refractivity contribution < 1.29 is 14.3 Å². The van der Waals surface area contributed by atoms with Crippen LogP contribution in [0.25, 0.3) is 11.3 Å². The van der Waals surface area contributed by atoms with E-state index in [1.54, 1.807) is 13.2 Å². The summed E-state index contributed by atoms with van der Waals surface area (Å²) in [5.74, 6) is 0.365. The van der Waals surface area contributed by atoms with E-state index in [4.69, 9.17) is 4.74 Å². The van der Waals surface area contributed by atoms with E-state index in [1.165, 1.54) is 7.05 Å². The van der Waals surface area contributed by atoms with Crippen LogP contribution in [0.4, 0.5) is 17.2 Å². The van der Waals surface area contributed by atoms with Gasteiger partial charge in [-0.2, -0.15) is 0 Å². The van der Waals surface area contributed by atoms with Crippen LogP contribution < -0.4 is 26.0 Å². The maximum atomic E-state index is 12.4. The summed E-state index contributed by atoms with van der Waals surface area (Å²) in [6.45, 7) is 1.84. The van der Waals surface area contributed by atoms with Gasteiger partial charge in [-0.15, -0.1) is 10.2 Å². The van der Waals surface area contributed by atoms with E-state index in [0.29, 0.717) is 23.2 Å². The van der Waals surface area contributed by atoms with Crippen LogP contribution in [-0.4, -0.2) is 58.8 Å². The monoisotopic (exact) mass is 462 g/mol. The number of imidazole rings is 1. The quantitative estimate of drug-likeness (QED) is 0.399. The Morgan fingerprint density at radius 3 is 2.68 bits per heavy atom. The number of hydrogen-bond donors (Lipinski definition) is 4. The topological polar surface area (TPSA) is 135 Å². The first-order chi connectivity index (χ1) is 16.6. The molecule has 0 radical (unpaired) electrons. The number of nitrogens with one attached hydrogen (secondary N) is 4. The van der Waals surface area contributed by atoms with E-state index in [1.807, 2.05) is 30.7 Å². The Bertz CT molecular complexity index is 1230. The lowest BCUT2D eigenvalue weighted by Crippen LogP contribution is -2.42. The summed E-state index contributed by atoms with van der Waals surface area (Å²) in [6, 6.07) is 7.65. The molecule has 1 aliphatic heterocycles. The van der Waals surface area contributed by atoms with Crippen molar-refractivity contribution in [2.45, 2.75) is 18.9 Å². The number of nitrogens with zero attached hydrogens (tertiary/aromatic N) is 4. The van der Waals surface area contributed by atoms with Gasteiger partial charge in [0.2, 0.25) is 5.91 Å². The summed E-state index contributed by atoms with van der Waals surface area (Å²) in [5, 5.41) is 19.9. The van der Waals surface area contributed by atoms with Gasteiger partial charge in [-0.05, 0) is 25.0 Å². The highest BCUT2D eigenvalue weighted by Crippen LogP contribution is 2.38. The molecule has 4 N–H and O–H groups in total. The van der Waals surface area contributed by atoms with Gasteiger partial charge in [0.25, 0.3) is 5.91 Å². The molecule has 5 rings (SSSR count). The Hall–Kier alpha value is -3.99. The van der Waals surface area contributed by atoms with Gasteiger partial charge < -0.3 is 30.6 Å². The van der Waals surface area contributed by atoms with Gasteiger partial charge >= 0.3 is 0 Å². The first-order valence-electron chi connectivity index (χ1n) is 11.2. The third kappa shape index (κ3) is 4.29. The third-order valence-corrected chi connectivity index (χ3v) is 5.98. The summed E-state index contributed by atoms with van der Waals surface area (Å²) < 4.78 is 7.84. The van der Waals surface area contributed by atoms with Crippen LogP contribution in [-0.2, 0) is 4.79 Å². The maximum Gasteiger partial charge on any atom is 0.273 e. The average Bonchev–Trinajstić information content (AvgIpc) is 3.56. The Kier molecular flexibility index (Phi) is 5.84. The zero-order valence-corrected chi connectivity index (χ0v) is 19.0. The SMILES string of the molecule is CNC(=O)c1nnc(NC(=O)C2CC2)cc1Nc1cccc(-c2cn(C3CNC3)cn2)c1OC. The van der Waals surface area contributed by atoms with E-state index >= 15 is 0 Å². The van der Waals surface area contributed by atoms with E-state index in [0.717, 1.165) is 37.2 Å². The molecule has 1 saturated heterocycles. The maximum absolute atomic E-state index is 12.4. The lowest BCUT2D eigenvalue weighted by atomic mass is 10.1. The average molecular weight is 463 g/mol. The van der Waals surface area contributed by atoms with Crippen molar-refractivity contribution in [2.75, 3.05) is 37.9 Å². The van der Waals surface area contributed by atoms with E-state index in [-0.39, 0.29) is 23.3 Å². The number of hydrogen-bond acceptors (Lipinski definition) is 8. The molecule has 2 aromatic heterocycles. The van der Waals surface area contributed by atoms with Crippen molar-refractivity contribution in [3.63, 3.8) is 0 Å². The lowest BCUT2D eigenvalue weighted by Gasteiger charge is -2.27. The normalized spacial score (nSPS) is 15.4. The molecule has 0 bridgehead atoms. The summed E-state index contributed by atoms with van der Waals surface area (Å²) in [7, 11) is 3.11. The molecule has 1 aliphatic carbocycles. The first kappa shape index (κ1) is 21.8. The standard InChI is InChI=1S/C23H26N8O3/c1-24-23(33)20-17(8-19(29-30-20)28-22(32)13-6-7-13)27-16-5-3-4-15(21(16)34-2)18-11-31(12-26-18)14-9-25-10-14/h3-5,8,11-14,25H,6-7,9-10H2,1-2H3,(H,24,33)(H2,27,28,29,32). The molecule has 0 spiro atoms. The number of para-hydroxylation sites is 1. The second-order valence-corrected chi connectivity index (χ2v) is 8.36. The van der Waals surface area contributed by atoms with Gasteiger partial charge in [0.1, 0.15) is 0 Å². The first-order valence-corrected chi connectivity index (χ1v) is 11.2. The van der Waals surface area contributed by atoms with Crippen molar-refractivity contribution in [1.29, 1.82) is 0 Å². The number of carbonyl (C=O) groups excluding carboxylic acids is 2. The number of aromatic nitrogens is 4. The Morgan fingerprint density at radius 1 is 1.18 bits per heavy atom. The number of methoxy groups -OCH3 is 1. The smallest absolute Gasteiger partial charge is 0.273 e. The van der Waals surface area contributed by atoms with Gasteiger partial charge in [-0.1, -0.05) is 6.07 Å². The second-order valence-electron chi connectivity index (χ2n) is 8.36. The van der Waals surface area contributed by atoms with Crippen LogP contribution in [0.3, 0.4) is 0 Å². The molecule has 0 unspecified atom stereocenters. The highest BCUT2D eigenvalue weighted by molar-refractivity contribution is 6.00. The van der Waals surface area contributed by atoms with Crippen molar-refractivity contribution in [3.05, 3.63) is 42.5 Å². The van der Waals surface area contributed by atoms with E-state index in [9.17, 15) is 9.59 Å². The molecule has 176 valence electrons. The van der Waals surface area contributed by atoms with Gasteiger partial charge in [0, 0.05) is 43.9 Å². The lowest BCUT2D eigenvalue weighted by molar-refractivity contribution is -0.117. The Morgan fingerprint density at radius 2 is 2.00 bits per heavy atom. The minimum absolute atomic E-state index is 0.0177. The van der Waals surface area contributed by atoms with Crippen molar-refractivity contribution in [3.8, 4) is 17.0 Å². The van der Waals surface area contributed by atoms with Gasteiger partial charge in [-0.3, -0.25) is 9.59 Å². The molecule has 1 saturated carbocycles. The number of amides is 2. The number of benzene rings is 1. The van der Waals surface area contributed by atoms with Gasteiger partial charge in [-0.25, -0.2) is 4.98 Å². The van der Waals surface area contributed by atoms with Crippen LogP contribution in [0, 0.1) is 5.92 Å². The van der Waals surface area contributed by atoms with Crippen LogP contribution >= 0.6 is 0 Å². The molecule has 0 atom stereocenters. The summed E-state index contributed by atoms with van der Waals surface area (Å²) >= 11 is 0. The fourth-order valence-electron chi connectivity index (χ4n) is 3.77. The second kappa shape index (κ2) is 9.10. The fourth-order valence-corrected chi connectivity index (χ4v) is 3.77. The van der Waals surface area contributed by atoms with Crippen molar-refractivity contribution >= 4 is 29.0 Å². The molecule has 3 heterocycles. The highest BCUT2D eigenvalue weighted by Gasteiger charge is 2.30. The highest BCUT2D eigenvalue weighted by atomic mass is 16.5. The molecule has 1 aromatic carbocycles. The van der Waals surface area contributed by atoms with Crippen LogP contribution in [0.5, 0.6) is 5.75 Å².